The molecule has 1 saturated heterocycles. The number of aromatic nitrogens is 4. The van der Waals surface area contributed by atoms with Gasteiger partial charge in [-0.05, 0) is 49.2 Å². The number of nitrogens with zero attached hydrogens (tertiary/aromatic N) is 5. The Labute approximate surface area is 244 Å². The molecule has 8 nitrogen and oxygen atoms in total. The normalized spacial score (nSPS) is 13.9. The monoisotopic (exact) mass is 566 g/mol. The van der Waals surface area contributed by atoms with Crippen LogP contribution in [0.3, 0.4) is 0 Å². The molecule has 0 saturated carbocycles. The van der Waals surface area contributed by atoms with Crippen molar-refractivity contribution in [2.24, 2.45) is 0 Å². The molecule has 0 spiro atoms. The largest absolute Gasteiger partial charge is 0.481 e. The van der Waals surface area contributed by atoms with Crippen LogP contribution in [-0.4, -0.2) is 58.2 Å². The summed E-state index contributed by atoms with van der Waals surface area (Å²) in [7, 11) is 1.66. The average molecular weight is 567 g/mol. The van der Waals surface area contributed by atoms with Crippen molar-refractivity contribution in [1.29, 1.82) is 0 Å². The molecule has 3 aromatic heterocycles. The van der Waals surface area contributed by atoms with E-state index in [0.29, 0.717) is 22.5 Å². The van der Waals surface area contributed by atoms with Crippen molar-refractivity contribution in [3.63, 3.8) is 0 Å². The van der Waals surface area contributed by atoms with Crippen LogP contribution in [0.4, 0.5) is 11.5 Å². The van der Waals surface area contributed by atoms with Gasteiger partial charge in [0.25, 0.3) is 0 Å². The molecule has 1 aliphatic heterocycles. The summed E-state index contributed by atoms with van der Waals surface area (Å²) in [6, 6.07) is 20.1. The van der Waals surface area contributed by atoms with Gasteiger partial charge in [0.15, 0.2) is 5.82 Å². The van der Waals surface area contributed by atoms with Gasteiger partial charge in [-0.15, -0.1) is 0 Å². The van der Waals surface area contributed by atoms with Crippen LogP contribution in [0.25, 0.3) is 33.4 Å². The quantitative estimate of drug-likeness (QED) is 0.235. The SMILES string of the molecule is COc1nc(-c2cccc(-c3cccc(Nc4nc(C)nc5cccnc45)c3C)c2Cl)ccc1CN1CCOCC1. The molecule has 6 rings (SSSR count). The van der Waals surface area contributed by atoms with Crippen LogP contribution >= 0.6 is 11.6 Å². The molecule has 5 aromatic rings. The van der Waals surface area contributed by atoms with Gasteiger partial charge in [0.1, 0.15) is 11.3 Å². The Balaban J connectivity index is 1.33. The highest BCUT2D eigenvalue weighted by Gasteiger charge is 2.18. The van der Waals surface area contributed by atoms with E-state index in [-0.39, 0.29) is 0 Å². The molecule has 41 heavy (non-hydrogen) atoms. The van der Waals surface area contributed by atoms with Crippen LogP contribution in [0.1, 0.15) is 17.0 Å². The Morgan fingerprint density at radius 3 is 2.51 bits per heavy atom. The second-order valence-corrected chi connectivity index (χ2v) is 10.4. The van der Waals surface area contributed by atoms with Crippen LogP contribution in [0.2, 0.25) is 5.02 Å². The van der Waals surface area contributed by atoms with E-state index in [1.54, 1.807) is 13.3 Å². The zero-order chi connectivity index (χ0) is 28.3. The first-order chi connectivity index (χ1) is 20.0. The number of methoxy groups -OCH3 is 1. The predicted molar refractivity (Wildman–Crippen MR) is 163 cm³/mol. The van der Waals surface area contributed by atoms with Crippen molar-refractivity contribution in [2.45, 2.75) is 20.4 Å². The Kier molecular flexibility index (Phi) is 7.78. The van der Waals surface area contributed by atoms with E-state index in [9.17, 15) is 0 Å². The summed E-state index contributed by atoms with van der Waals surface area (Å²) >= 11 is 7.10. The Bertz CT molecular complexity index is 1720. The van der Waals surface area contributed by atoms with Crippen molar-refractivity contribution in [2.75, 3.05) is 38.7 Å². The van der Waals surface area contributed by atoms with E-state index in [2.05, 4.69) is 44.2 Å². The van der Waals surface area contributed by atoms with Gasteiger partial charge in [0.2, 0.25) is 5.88 Å². The first-order valence-electron chi connectivity index (χ1n) is 13.6. The third-order valence-electron chi connectivity index (χ3n) is 7.35. The van der Waals surface area contributed by atoms with Crippen LogP contribution in [0, 0.1) is 13.8 Å². The van der Waals surface area contributed by atoms with Crippen LogP contribution in [0.15, 0.2) is 66.9 Å². The number of anilines is 2. The van der Waals surface area contributed by atoms with Gasteiger partial charge in [-0.25, -0.2) is 15.0 Å². The predicted octanol–water partition coefficient (Wildman–Crippen LogP) is 6.61. The number of ether oxygens (including phenoxy) is 2. The molecule has 1 aliphatic rings. The number of hydrogen-bond acceptors (Lipinski definition) is 8. The number of halogens is 1. The van der Waals surface area contributed by atoms with E-state index in [1.165, 1.54) is 0 Å². The van der Waals surface area contributed by atoms with Crippen molar-refractivity contribution in [3.8, 4) is 28.3 Å². The Morgan fingerprint density at radius 1 is 0.902 bits per heavy atom. The van der Waals surface area contributed by atoms with Crippen molar-refractivity contribution >= 4 is 34.1 Å². The molecular formula is C32H31ClN6O2. The maximum Gasteiger partial charge on any atom is 0.218 e. The number of aryl methyl sites for hydroxylation is 1. The van der Waals surface area contributed by atoms with Gasteiger partial charge in [-0.3, -0.25) is 9.88 Å². The summed E-state index contributed by atoms with van der Waals surface area (Å²) in [6.07, 6.45) is 1.75. The lowest BCUT2D eigenvalue weighted by Crippen LogP contribution is -2.35. The number of hydrogen-bond donors (Lipinski definition) is 1. The smallest absolute Gasteiger partial charge is 0.218 e. The zero-order valence-electron chi connectivity index (χ0n) is 23.3. The average Bonchev–Trinajstić information content (AvgIpc) is 2.99. The minimum atomic E-state index is 0.610. The van der Waals surface area contributed by atoms with Crippen LogP contribution in [-0.2, 0) is 11.3 Å². The Morgan fingerprint density at radius 2 is 1.68 bits per heavy atom. The summed E-state index contributed by atoms with van der Waals surface area (Å²) < 4.78 is 11.2. The summed E-state index contributed by atoms with van der Waals surface area (Å²) in [6.45, 7) is 8.02. The highest BCUT2D eigenvalue weighted by molar-refractivity contribution is 6.36. The topological polar surface area (TPSA) is 85.3 Å². The maximum atomic E-state index is 7.10. The van der Waals surface area contributed by atoms with Crippen molar-refractivity contribution in [3.05, 3.63) is 88.8 Å². The molecule has 0 bridgehead atoms. The fourth-order valence-electron chi connectivity index (χ4n) is 5.22. The molecule has 0 amide bonds. The molecule has 0 radical (unpaired) electrons. The van der Waals surface area contributed by atoms with Crippen LogP contribution in [0.5, 0.6) is 5.88 Å². The van der Waals surface area contributed by atoms with E-state index in [0.717, 1.165) is 83.1 Å². The van der Waals surface area contributed by atoms with E-state index in [1.807, 2.05) is 55.5 Å². The molecule has 2 aromatic carbocycles. The van der Waals surface area contributed by atoms with Gasteiger partial charge in [0, 0.05) is 48.2 Å². The number of nitrogens with one attached hydrogen (secondary N) is 1. The minimum absolute atomic E-state index is 0.610. The molecule has 0 unspecified atom stereocenters. The molecule has 1 fully saturated rings. The third-order valence-corrected chi connectivity index (χ3v) is 7.76. The van der Waals surface area contributed by atoms with Gasteiger partial charge in [0.05, 0.1) is 36.6 Å². The van der Waals surface area contributed by atoms with Gasteiger partial charge in [-0.2, -0.15) is 0 Å². The summed E-state index contributed by atoms with van der Waals surface area (Å²) in [5, 5.41) is 4.12. The van der Waals surface area contributed by atoms with Gasteiger partial charge in [-0.1, -0.05) is 48.0 Å². The molecule has 208 valence electrons. The summed E-state index contributed by atoms with van der Waals surface area (Å²) in [5.41, 5.74) is 8.07. The molecule has 0 atom stereocenters. The number of morpholine rings is 1. The molecule has 0 aliphatic carbocycles. The standard InChI is InChI=1S/C32H31ClN6O2/c1-20-23(7-5-10-26(20)37-31-30-28(11-6-14-34-30)35-21(2)36-31)24-8-4-9-25(29(24)33)27-13-12-22(32(38-27)40-3)19-39-15-17-41-18-16-39/h4-14H,15-19H2,1-3H3,(H,35,36,37). The minimum Gasteiger partial charge on any atom is -0.481 e. The van der Waals surface area contributed by atoms with Gasteiger partial charge < -0.3 is 14.8 Å². The van der Waals surface area contributed by atoms with Crippen molar-refractivity contribution < 1.29 is 9.47 Å². The second-order valence-electron chi connectivity index (χ2n) is 10.0. The van der Waals surface area contributed by atoms with E-state index >= 15 is 0 Å². The van der Waals surface area contributed by atoms with Crippen LogP contribution < -0.4 is 10.1 Å². The fourth-order valence-corrected chi connectivity index (χ4v) is 5.54. The first kappa shape index (κ1) is 27.1. The molecular weight excluding hydrogens is 536 g/mol. The number of benzene rings is 2. The summed E-state index contributed by atoms with van der Waals surface area (Å²) in [5.74, 6) is 1.96. The zero-order valence-corrected chi connectivity index (χ0v) is 24.1. The highest BCUT2D eigenvalue weighted by atomic mass is 35.5. The maximum absolute atomic E-state index is 7.10. The number of rotatable bonds is 7. The lowest BCUT2D eigenvalue weighted by Gasteiger charge is -2.27. The first-order valence-corrected chi connectivity index (χ1v) is 14.0. The molecule has 9 heteroatoms. The third kappa shape index (κ3) is 5.59. The lowest BCUT2D eigenvalue weighted by molar-refractivity contribution is 0.0338. The van der Waals surface area contributed by atoms with E-state index in [4.69, 9.17) is 26.1 Å². The Hall–Kier alpha value is -4.11. The van der Waals surface area contributed by atoms with Gasteiger partial charge >= 0.3 is 0 Å². The molecule has 4 heterocycles. The lowest BCUT2D eigenvalue weighted by atomic mass is 9.96. The number of pyridine rings is 2. The number of fused-ring (bicyclic) bond motifs is 1. The van der Waals surface area contributed by atoms with E-state index < -0.39 is 0 Å². The fraction of sp³-hybridized carbons (Fsp3) is 0.250. The molecule has 1 N–H and O–H groups in total. The summed E-state index contributed by atoms with van der Waals surface area (Å²) in [4.78, 5) is 20.9. The second kappa shape index (κ2) is 11.8. The highest BCUT2D eigenvalue weighted by Crippen LogP contribution is 2.40. The van der Waals surface area contributed by atoms with Crippen molar-refractivity contribution in [1.82, 2.24) is 24.8 Å².